The molecule has 7 heteroatoms. The number of benzene rings is 2. The summed E-state index contributed by atoms with van der Waals surface area (Å²) in [5.74, 6) is 1.40. The Morgan fingerprint density at radius 1 is 0.967 bits per heavy atom. The standard InChI is InChI=1S/C23H27N5O2/c1-27-13-7-14-28(16-15-27)22-20-11-6-5-10-19(20)21(25-26-22)23(29)24-12-17-30-18-8-3-2-4-9-18/h2-6,8-11H,7,12-17H2,1H3,(H,24,29). The lowest BCUT2D eigenvalue weighted by atomic mass is 10.1. The van der Waals surface area contributed by atoms with Gasteiger partial charge in [-0.05, 0) is 32.1 Å². The lowest BCUT2D eigenvalue weighted by molar-refractivity contribution is 0.0943. The maximum Gasteiger partial charge on any atom is 0.272 e. The van der Waals surface area contributed by atoms with Crippen LogP contribution in [0.4, 0.5) is 5.82 Å². The first kappa shape index (κ1) is 20.1. The van der Waals surface area contributed by atoms with Crippen LogP contribution in [0.15, 0.2) is 54.6 Å². The number of hydrogen-bond donors (Lipinski definition) is 1. The molecule has 4 rings (SSSR count). The third-order valence-corrected chi connectivity index (χ3v) is 5.30. The molecule has 2 aromatic carbocycles. The van der Waals surface area contributed by atoms with Gasteiger partial charge in [-0.2, -0.15) is 0 Å². The summed E-state index contributed by atoms with van der Waals surface area (Å²) in [5, 5.41) is 13.4. The Labute approximate surface area is 176 Å². The van der Waals surface area contributed by atoms with Crippen LogP contribution in [0, 0.1) is 0 Å². The van der Waals surface area contributed by atoms with E-state index in [0.717, 1.165) is 54.9 Å². The number of ether oxygens (including phenoxy) is 1. The predicted octanol–water partition coefficient (Wildman–Crippen LogP) is 2.58. The monoisotopic (exact) mass is 405 g/mol. The van der Waals surface area contributed by atoms with Crippen LogP contribution in [0.5, 0.6) is 5.75 Å². The second kappa shape index (κ2) is 9.54. The van der Waals surface area contributed by atoms with E-state index in [0.29, 0.717) is 18.8 Å². The maximum absolute atomic E-state index is 12.8. The lowest BCUT2D eigenvalue weighted by Crippen LogP contribution is -2.31. The van der Waals surface area contributed by atoms with Gasteiger partial charge in [0.2, 0.25) is 0 Å². The van der Waals surface area contributed by atoms with E-state index >= 15 is 0 Å². The Kier molecular flexibility index (Phi) is 6.39. The summed E-state index contributed by atoms with van der Waals surface area (Å²) in [6.07, 6.45) is 1.08. The molecule has 0 radical (unpaired) electrons. The molecule has 1 aliphatic rings. The third-order valence-electron chi connectivity index (χ3n) is 5.30. The van der Waals surface area contributed by atoms with Crippen LogP contribution in [-0.4, -0.2) is 67.4 Å². The highest BCUT2D eigenvalue weighted by molar-refractivity contribution is 6.07. The molecule has 1 N–H and O–H groups in total. The van der Waals surface area contributed by atoms with E-state index in [1.807, 2.05) is 54.6 Å². The number of fused-ring (bicyclic) bond motifs is 1. The number of para-hydroxylation sites is 1. The van der Waals surface area contributed by atoms with Gasteiger partial charge >= 0.3 is 0 Å². The summed E-state index contributed by atoms with van der Waals surface area (Å²) >= 11 is 0. The van der Waals surface area contributed by atoms with Crippen molar-refractivity contribution in [2.45, 2.75) is 6.42 Å². The van der Waals surface area contributed by atoms with Crippen LogP contribution in [0.1, 0.15) is 16.9 Å². The average Bonchev–Trinajstić information content (AvgIpc) is 3.01. The molecular formula is C23H27N5O2. The summed E-state index contributed by atoms with van der Waals surface area (Å²) < 4.78 is 5.64. The zero-order valence-corrected chi connectivity index (χ0v) is 17.3. The highest BCUT2D eigenvalue weighted by atomic mass is 16.5. The Bertz CT molecular complexity index is 995. The SMILES string of the molecule is CN1CCCN(c2nnc(C(=O)NCCOc3ccccc3)c3ccccc23)CC1. The number of aromatic nitrogens is 2. The van der Waals surface area contributed by atoms with Crippen molar-refractivity contribution in [2.75, 3.05) is 51.3 Å². The van der Waals surface area contributed by atoms with E-state index in [1.54, 1.807) is 0 Å². The predicted molar refractivity (Wildman–Crippen MR) is 118 cm³/mol. The van der Waals surface area contributed by atoms with Crippen molar-refractivity contribution >= 4 is 22.5 Å². The molecule has 0 bridgehead atoms. The van der Waals surface area contributed by atoms with Gasteiger partial charge in [-0.25, -0.2) is 0 Å². The van der Waals surface area contributed by atoms with Crippen LogP contribution in [0.25, 0.3) is 10.8 Å². The van der Waals surface area contributed by atoms with Crippen LogP contribution in [0.2, 0.25) is 0 Å². The first-order chi connectivity index (χ1) is 14.7. The molecule has 0 unspecified atom stereocenters. The molecular weight excluding hydrogens is 378 g/mol. The fraction of sp³-hybridized carbons (Fsp3) is 0.348. The minimum atomic E-state index is -0.238. The van der Waals surface area contributed by atoms with Crippen molar-refractivity contribution in [2.24, 2.45) is 0 Å². The average molecular weight is 406 g/mol. The zero-order chi connectivity index (χ0) is 20.8. The molecule has 1 saturated heterocycles. The number of nitrogens with zero attached hydrogens (tertiary/aromatic N) is 4. The van der Waals surface area contributed by atoms with Crippen LogP contribution in [0.3, 0.4) is 0 Å². The number of likely N-dealkylation sites (N-methyl/N-ethyl adjacent to an activating group) is 1. The maximum atomic E-state index is 12.8. The zero-order valence-electron chi connectivity index (χ0n) is 17.3. The summed E-state index contributed by atoms with van der Waals surface area (Å²) in [6.45, 7) is 4.68. The van der Waals surface area contributed by atoms with Gasteiger partial charge in [0.15, 0.2) is 11.5 Å². The number of amides is 1. The van der Waals surface area contributed by atoms with Gasteiger partial charge in [0, 0.05) is 30.4 Å². The van der Waals surface area contributed by atoms with Crippen molar-refractivity contribution in [3.8, 4) is 5.75 Å². The molecule has 1 aliphatic heterocycles. The molecule has 0 atom stereocenters. The molecule has 30 heavy (non-hydrogen) atoms. The van der Waals surface area contributed by atoms with Gasteiger partial charge in [-0.3, -0.25) is 4.79 Å². The molecule has 1 aromatic heterocycles. The number of carbonyl (C=O) groups is 1. The van der Waals surface area contributed by atoms with Crippen LogP contribution < -0.4 is 15.0 Å². The van der Waals surface area contributed by atoms with Gasteiger partial charge in [-0.1, -0.05) is 42.5 Å². The van der Waals surface area contributed by atoms with Crippen LogP contribution in [-0.2, 0) is 0 Å². The summed E-state index contributed by atoms with van der Waals surface area (Å²) in [7, 11) is 2.14. The Balaban J connectivity index is 1.47. The minimum Gasteiger partial charge on any atom is -0.492 e. The van der Waals surface area contributed by atoms with Crippen molar-refractivity contribution in [1.29, 1.82) is 0 Å². The Morgan fingerprint density at radius 3 is 2.57 bits per heavy atom. The topological polar surface area (TPSA) is 70.6 Å². The molecule has 2 heterocycles. The fourth-order valence-electron chi connectivity index (χ4n) is 3.68. The molecule has 1 fully saturated rings. The molecule has 0 saturated carbocycles. The second-order valence-electron chi connectivity index (χ2n) is 7.48. The van der Waals surface area contributed by atoms with E-state index in [-0.39, 0.29) is 5.91 Å². The highest BCUT2D eigenvalue weighted by Gasteiger charge is 2.20. The van der Waals surface area contributed by atoms with Gasteiger partial charge in [0.1, 0.15) is 12.4 Å². The number of anilines is 1. The fourth-order valence-corrected chi connectivity index (χ4v) is 3.68. The van der Waals surface area contributed by atoms with E-state index < -0.39 is 0 Å². The molecule has 0 aliphatic carbocycles. The first-order valence-corrected chi connectivity index (χ1v) is 10.4. The second-order valence-corrected chi connectivity index (χ2v) is 7.48. The van der Waals surface area contributed by atoms with Crippen molar-refractivity contribution in [1.82, 2.24) is 20.4 Å². The molecule has 3 aromatic rings. The molecule has 1 amide bonds. The van der Waals surface area contributed by atoms with Crippen LogP contribution >= 0.6 is 0 Å². The van der Waals surface area contributed by atoms with Gasteiger partial charge in [-0.15, -0.1) is 10.2 Å². The highest BCUT2D eigenvalue weighted by Crippen LogP contribution is 2.26. The van der Waals surface area contributed by atoms with Crippen molar-refractivity contribution < 1.29 is 9.53 Å². The van der Waals surface area contributed by atoms with E-state index in [2.05, 4.69) is 32.4 Å². The lowest BCUT2D eigenvalue weighted by Gasteiger charge is -2.23. The Morgan fingerprint density at radius 2 is 1.73 bits per heavy atom. The molecule has 156 valence electrons. The minimum absolute atomic E-state index is 0.238. The number of hydrogen-bond acceptors (Lipinski definition) is 6. The number of carbonyl (C=O) groups excluding carboxylic acids is 1. The first-order valence-electron chi connectivity index (χ1n) is 10.4. The van der Waals surface area contributed by atoms with Crippen molar-refractivity contribution in [3.05, 3.63) is 60.3 Å². The quantitative estimate of drug-likeness (QED) is 0.636. The summed E-state index contributed by atoms with van der Waals surface area (Å²) in [4.78, 5) is 17.4. The molecule has 0 spiro atoms. The van der Waals surface area contributed by atoms with E-state index in [1.165, 1.54) is 0 Å². The third kappa shape index (κ3) is 4.68. The summed E-state index contributed by atoms with van der Waals surface area (Å²) in [6, 6.07) is 17.4. The normalized spacial score (nSPS) is 15.0. The Hall–Kier alpha value is -3.19. The van der Waals surface area contributed by atoms with Gasteiger partial charge in [0.05, 0.1) is 6.54 Å². The smallest absolute Gasteiger partial charge is 0.272 e. The summed E-state index contributed by atoms with van der Waals surface area (Å²) in [5.41, 5.74) is 0.348. The van der Waals surface area contributed by atoms with E-state index in [4.69, 9.17) is 4.74 Å². The molecule has 7 nitrogen and oxygen atoms in total. The van der Waals surface area contributed by atoms with Gasteiger partial charge in [0.25, 0.3) is 5.91 Å². The van der Waals surface area contributed by atoms with E-state index in [9.17, 15) is 4.79 Å². The van der Waals surface area contributed by atoms with Crippen molar-refractivity contribution in [3.63, 3.8) is 0 Å². The largest absolute Gasteiger partial charge is 0.492 e. The number of rotatable bonds is 6. The number of nitrogens with one attached hydrogen (secondary N) is 1. The van der Waals surface area contributed by atoms with Gasteiger partial charge < -0.3 is 19.9 Å².